The van der Waals surface area contributed by atoms with Gasteiger partial charge in [0, 0.05) is 13.3 Å². The Morgan fingerprint density at radius 1 is 1.21 bits per heavy atom. The second-order valence-electron chi connectivity index (χ2n) is 5.63. The van der Waals surface area contributed by atoms with Crippen LogP contribution in [0.1, 0.15) is 38.7 Å². The molecule has 0 saturated heterocycles. The van der Waals surface area contributed by atoms with Crippen molar-refractivity contribution in [1.29, 1.82) is 0 Å². The summed E-state index contributed by atoms with van der Waals surface area (Å²) in [5.74, 6) is -2.59. The van der Waals surface area contributed by atoms with Gasteiger partial charge in [0.05, 0.1) is 0 Å². The van der Waals surface area contributed by atoms with Crippen molar-refractivity contribution in [1.82, 2.24) is 10.6 Å². The highest BCUT2D eigenvalue weighted by Crippen LogP contribution is 2.08. The molecule has 132 valence electrons. The van der Waals surface area contributed by atoms with Crippen LogP contribution in [0.2, 0.25) is 0 Å². The highest BCUT2D eigenvalue weighted by atomic mass is 19.1. The number of halogens is 1. The summed E-state index contributed by atoms with van der Waals surface area (Å²) >= 11 is 0. The van der Waals surface area contributed by atoms with Crippen molar-refractivity contribution in [3.05, 3.63) is 35.6 Å². The van der Waals surface area contributed by atoms with Gasteiger partial charge in [-0.1, -0.05) is 31.9 Å². The molecule has 0 aliphatic carbocycles. The molecule has 0 bridgehead atoms. The maximum atomic E-state index is 13.3. The number of carbonyl (C=O) groups is 3. The Morgan fingerprint density at radius 3 is 2.46 bits per heavy atom. The molecule has 7 heteroatoms. The molecule has 0 unspecified atom stereocenters. The smallest absolute Gasteiger partial charge is 0.326 e. The summed E-state index contributed by atoms with van der Waals surface area (Å²) in [5.41, 5.74) is 0.532. The Labute approximate surface area is 140 Å². The van der Waals surface area contributed by atoms with Crippen LogP contribution in [0.5, 0.6) is 0 Å². The minimum Gasteiger partial charge on any atom is -0.480 e. The van der Waals surface area contributed by atoms with Gasteiger partial charge in [0.2, 0.25) is 11.8 Å². The normalized spacial score (nSPS) is 13.0. The van der Waals surface area contributed by atoms with Crippen molar-refractivity contribution < 1.29 is 23.9 Å². The molecule has 2 atom stereocenters. The molecule has 0 radical (unpaired) electrons. The zero-order chi connectivity index (χ0) is 18.1. The van der Waals surface area contributed by atoms with Crippen molar-refractivity contribution in [3.63, 3.8) is 0 Å². The molecule has 0 aromatic heterocycles. The van der Waals surface area contributed by atoms with Gasteiger partial charge in [-0.15, -0.1) is 0 Å². The molecule has 0 aliphatic rings. The highest BCUT2D eigenvalue weighted by Gasteiger charge is 2.25. The molecule has 6 nitrogen and oxygen atoms in total. The third kappa shape index (κ3) is 6.76. The number of unbranched alkanes of at least 4 members (excludes halogenated alkanes) is 1. The Balaban J connectivity index is 2.83. The molecule has 1 aromatic rings. The number of carboxylic acid groups (broad SMARTS) is 1. The molecule has 1 rings (SSSR count). The van der Waals surface area contributed by atoms with Gasteiger partial charge in [0.25, 0.3) is 0 Å². The fourth-order valence-corrected chi connectivity index (χ4v) is 2.29. The monoisotopic (exact) mass is 338 g/mol. The van der Waals surface area contributed by atoms with Gasteiger partial charge in [-0.2, -0.15) is 0 Å². The van der Waals surface area contributed by atoms with E-state index in [1.165, 1.54) is 25.1 Å². The van der Waals surface area contributed by atoms with Crippen LogP contribution in [0.25, 0.3) is 0 Å². The lowest BCUT2D eigenvalue weighted by Crippen LogP contribution is -2.52. The molecule has 24 heavy (non-hydrogen) atoms. The summed E-state index contributed by atoms with van der Waals surface area (Å²) in [5, 5.41) is 14.1. The number of carbonyl (C=O) groups excluding carboxylic acids is 2. The summed E-state index contributed by atoms with van der Waals surface area (Å²) in [6.07, 6.45) is 1.84. The van der Waals surface area contributed by atoms with E-state index in [4.69, 9.17) is 0 Å². The first-order valence-corrected chi connectivity index (χ1v) is 7.88. The molecular formula is C17H23FN2O4. The van der Waals surface area contributed by atoms with E-state index in [9.17, 15) is 23.9 Å². The van der Waals surface area contributed by atoms with Crippen LogP contribution < -0.4 is 10.6 Å². The van der Waals surface area contributed by atoms with E-state index in [0.717, 1.165) is 6.42 Å². The molecular weight excluding hydrogens is 315 g/mol. The van der Waals surface area contributed by atoms with Gasteiger partial charge in [0.15, 0.2) is 0 Å². The van der Waals surface area contributed by atoms with Crippen LogP contribution >= 0.6 is 0 Å². The SMILES string of the molecule is CCCC[C@H](NC(=O)[C@@H](Cc1cccc(F)c1)NC(C)=O)C(=O)O. The Bertz CT molecular complexity index is 592. The zero-order valence-electron chi connectivity index (χ0n) is 13.8. The number of hydrogen-bond acceptors (Lipinski definition) is 3. The van der Waals surface area contributed by atoms with E-state index in [2.05, 4.69) is 10.6 Å². The molecule has 0 saturated carbocycles. The molecule has 0 fully saturated rings. The number of amides is 2. The van der Waals surface area contributed by atoms with Crippen LogP contribution in [0.4, 0.5) is 4.39 Å². The maximum absolute atomic E-state index is 13.3. The van der Waals surface area contributed by atoms with Gasteiger partial charge >= 0.3 is 5.97 Å². The maximum Gasteiger partial charge on any atom is 0.326 e. The quantitative estimate of drug-likeness (QED) is 0.638. The molecule has 0 heterocycles. The predicted molar refractivity (Wildman–Crippen MR) is 86.8 cm³/mol. The van der Waals surface area contributed by atoms with Crippen molar-refractivity contribution in [2.75, 3.05) is 0 Å². The van der Waals surface area contributed by atoms with E-state index in [1.807, 2.05) is 6.92 Å². The number of carboxylic acids is 1. The summed E-state index contributed by atoms with van der Waals surface area (Å²) < 4.78 is 13.3. The van der Waals surface area contributed by atoms with E-state index >= 15 is 0 Å². The number of benzene rings is 1. The van der Waals surface area contributed by atoms with Gasteiger partial charge in [-0.3, -0.25) is 9.59 Å². The number of aliphatic carboxylic acids is 1. The third-order valence-electron chi connectivity index (χ3n) is 3.48. The van der Waals surface area contributed by atoms with Gasteiger partial charge in [0.1, 0.15) is 17.9 Å². The third-order valence-corrected chi connectivity index (χ3v) is 3.48. The van der Waals surface area contributed by atoms with Crippen LogP contribution in [-0.2, 0) is 20.8 Å². The minimum absolute atomic E-state index is 0.0727. The fraction of sp³-hybridized carbons (Fsp3) is 0.471. The lowest BCUT2D eigenvalue weighted by molar-refractivity contribution is -0.142. The van der Waals surface area contributed by atoms with Crippen LogP contribution in [0, 0.1) is 5.82 Å². The van der Waals surface area contributed by atoms with E-state index in [-0.39, 0.29) is 6.42 Å². The van der Waals surface area contributed by atoms with E-state index in [0.29, 0.717) is 18.4 Å². The first kappa shape index (κ1) is 19.6. The van der Waals surface area contributed by atoms with Crippen molar-refractivity contribution >= 4 is 17.8 Å². The van der Waals surface area contributed by atoms with Crippen molar-refractivity contribution in [2.24, 2.45) is 0 Å². The molecule has 0 aliphatic heterocycles. The summed E-state index contributed by atoms with van der Waals surface area (Å²) in [7, 11) is 0. The second-order valence-corrected chi connectivity index (χ2v) is 5.63. The first-order chi connectivity index (χ1) is 11.3. The second kappa shape index (κ2) is 9.64. The summed E-state index contributed by atoms with van der Waals surface area (Å²) in [6.45, 7) is 3.18. The summed E-state index contributed by atoms with van der Waals surface area (Å²) in [6, 6.07) is 3.72. The van der Waals surface area contributed by atoms with E-state index < -0.39 is 35.7 Å². The fourth-order valence-electron chi connectivity index (χ4n) is 2.29. The molecule has 0 spiro atoms. The first-order valence-electron chi connectivity index (χ1n) is 7.88. The average molecular weight is 338 g/mol. The lowest BCUT2D eigenvalue weighted by Gasteiger charge is -2.21. The van der Waals surface area contributed by atoms with Gasteiger partial charge in [-0.05, 0) is 24.1 Å². The van der Waals surface area contributed by atoms with Crippen molar-refractivity contribution in [3.8, 4) is 0 Å². The lowest BCUT2D eigenvalue weighted by atomic mass is 10.0. The standard InChI is InChI=1S/C17H23FN2O4/c1-3-4-8-14(17(23)24)20-16(22)15(19-11(2)21)10-12-6-5-7-13(18)9-12/h5-7,9,14-15H,3-4,8,10H2,1-2H3,(H,19,21)(H,20,22)(H,23,24)/t14-,15+/m0/s1. The highest BCUT2D eigenvalue weighted by molar-refractivity contribution is 5.90. The Hall–Kier alpha value is -2.44. The Kier molecular flexibility index (Phi) is 7.88. The molecule has 1 aromatic carbocycles. The minimum atomic E-state index is -1.12. The van der Waals surface area contributed by atoms with E-state index in [1.54, 1.807) is 6.07 Å². The largest absolute Gasteiger partial charge is 0.480 e. The number of hydrogen-bond donors (Lipinski definition) is 3. The van der Waals surface area contributed by atoms with Crippen molar-refractivity contribution in [2.45, 2.75) is 51.6 Å². The van der Waals surface area contributed by atoms with Gasteiger partial charge < -0.3 is 15.7 Å². The van der Waals surface area contributed by atoms with Crippen LogP contribution in [-0.4, -0.2) is 35.0 Å². The average Bonchev–Trinajstić information content (AvgIpc) is 2.49. The molecule has 3 N–H and O–H groups in total. The van der Waals surface area contributed by atoms with Crippen LogP contribution in [0.15, 0.2) is 24.3 Å². The Morgan fingerprint density at radius 2 is 1.92 bits per heavy atom. The number of nitrogens with one attached hydrogen (secondary N) is 2. The topological polar surface area (TPSA) is 95.5 Å². The summed E-state index contributed by atoms with van der Waals surface area (Å²) in [4.78, 5) is 34.9. The van der Waals surface area contributed by atoms with Gasteiger partial charge in [-0.25, -0.2) is 9.18 Å². The molecule has 2 amide bonds. The number of rotatable bonds is 9. The predicted octanol–water partition coefficient (Wildman–Crippen LogP) is 1.63. The van der Waals surface area contributed by atoms with Crippen LogP contribution in [0.3, 0.4) is 0 Å². The zero-order valence-corrected chi connectivity index (χ0v) is 13.8.